The van der Waals surface area contributed by atoms with Crippen LogP contribution >= 0.6 is 0 Å². The summed E-state index contributed by atoms with van der Waals surface area (Å²) in [5, 5.41) is 10.3. The van der Waals surface area contributed by atoms with Crippen molar-refractivity contribution in [3.63, 3.8) is 0 Å². The third-order valence-corrected chi connectivity index (χ3v) is 7.58. The van der Waals surface area contributed by atoms with E-state index in [4.69, 9.17) is 19.6 Å². The molecular formula is C25H37N7O2Si. The highest BCUT2D eigenvalue weighted by atomic mass is 28.3. The van der Waals surface area contributed by atoms with Crippen molar-refractivity contribution in [3.8, 4) is 17.7 Å². The van der Waals surface area contributed by atoms with Crippen LogP contribution in [-0.4, -0.2) is 90.6 Å². The lowest BCUT2D eigenvalue weighted by Gasteiger charge is -2.34. The smallest absolute Gasteiger partial charge is 0.177 e. The Balaban J connectivity index is 1.64. The van der Waals surface area contributed by atoms with E-state index in [9.17, 15) is 0 Å². The lowest BCUT2D eigenvalue weighted by Crippen LogP contribution is -2.44. The minimum atomic E-state index is -1.11. The largest absolute Gasteiger partial charge is 0.377 e. The van der Waals surface area contributed by atoms with Gasteiger partial charge in [-0.1, -0.05) is 31.5 Å². The van der Waals surface area contributed by atoms with E-state index in [0.717, 1.165) is 41.6 Å². The van der Waals surface area contributed by atoms with E-state index < -0.39 is 8.07 Å². The van der Waals surface area contributed by atoms with E-state index in [-0.39, 0.29) is 6.04 Å². The average molecular weight is 496 g/mol. The van der Waals surface area contributed by atoms with E-state index in [1.54, 1.807) is 9.36 Å². The second kappa shape index (κ2) is 10.9. The van der Waals surface area contributed by atoms with Crippen LogP contribution in [0.3, 0.4) is 0 Å². The van der Waals surface area contributed by atoms with Gasteiger partial charge in [0.25, 0.3) is 0 Å². The maximum atomic E-state index is 5.86. The molecular weight excluding hydrogens is 458 g/mol. The molecule has 35 heavy (non-hydrogen) atoms. The SMILES string of the molecule is CC1COCCN1c1cc(C#CCN(C)C)c2cnn(-c3ccn(COCC[Si](C)(C)C)n3)c2n1. The van der Waals surface area contributed by atoms with Crippen molar-refractivity contribution >= 4 is 24.9 Å². The van der Waals surface area contributed by atoms with Crippen molar-refractivity contribution in [1.29, 1.82) is 0 Å². The zero-order valence-electron chi connectivity index (χ0n) is 21.8. The van der Waals surface area contributed by atoms with Crippen molar-refractivity contribution in [1.82, 2.24) is 29.4 Å². The lowest BCUT2D eigenvalue weighted by atomic mass is 10.1. The fourth-order valence-corrected chi connectivity index (χ4v) is 4.59. The topological polar surface area (TPSA) is 73.5 Å². The van der Waals surface area contributed by atoms with Gasteiger partial charge in [0.15, 0.2) is 11.5 Å². The number of morpholine rings is 1. The van der Waals surface area contributed by atoms with Crippen LogP contribution in [0.4, 0.5) is 5.82 Å². The molecule has 3 aromatic rings. The minimum absolute atomic E-state index is 0.236. The summed E-state index contributed by atoms with van der Waals surface area (Å²) in [5.41, 5.74) is 1.67. The number of hydrogen-bond acceptors (Lipinski definition) is 7. The molecule has 1 atom stereocenters. The lowest BCUT2D eigenvalue weighted by molar-refractivity contribution is 0.0785. The number of anilines is 1. The fraction of sp³-hybridized carbons (Fsp3) is 0.560. The Hall–Kier alpha value is -2.71. The van der Waals surface area contributed by atoms with Crippen LogP contribution in [0.1, 0.15) is 12.5 Å². The van der Waals surface area contributed by atoms with Crippen LogP contribution in [0.5, 0.6) is 0 Å². The first-order chi connectivity index (χ1) is 16.7. The minimum Gasteiger partial charge on any atom is -0.377 e. The second-order valence-electron chi connectivity index (χ2n) is 10.5. The molecule has 0 bridgehead atoms. The molecule has 9 nitrogen and oxygen atoms in total. The summed E-state index contributed by atoms with van der Waals surface area (Å²) < 4.78 is 15.1. The Labute approximate surface area is 209 Å². The van der Waals surface area contributed by atoms with E-state index >= 15 is 0 Å². The molecule has 1 unspecified atom stereocenters. The number of nitrogens with zero attached hydrogens (tertiary/aromatic N) is 7. The third kappa shape index (κ3) is 6.49. The summed E-state index contributed by atoms with van der Waals surface area (Å²) in [7, 11) is 2.92. The van der Waals surface area contributed by atoms with Gasteiger partial charge >= 0.3 is 0 Å². The Morgan fingerprint density at radius 3 is 2.83 bits per heavy atom. The van der Waals surface area contributed by atoms with Crippen molar-refractivity contribution in [3.05, 3.63) is 30.1 Å². The van der Waals surface area contributed by atoms with Crippen LogP contribution < -0.4 is 4.90 Å². The van der Waals surface area contributed by atoms with Gasteiger partial charge in [0.05, 0.1) is 37.4 Å². The zero-order chi connectivity index (χ0) is 25.0. The predicted octanol–water partition coefficient (Wildman–Crippen LogP) is 3.07. The molecule has 0 radical (unpaired) electrons. The van der Waals surface area contributed by atoms with Crippen molar-refractivity contribution < 1.29 is 9.47 Å². The van der Waals surface area contributed by atoms with Gasteiger partial charge < -0.3 is 14.4 Å². The Morgan fingerprint density at radius 2 is 2.09 bits per heavy atom. The summed E-state index contributed by atoms with van der Waals surface area (Å²) in [6.45, 7) is 13.2. The van der Waals surface area contributed by atoms with E-state index in [1.807, 2.05) is 32.6 Å². The van der Waals surface area contributed by atoms with Gasteiger partial charge in [-0.3, -0.25) is 4.90 Å². The van der Waals surface area contributed by atoms with Gasteiger partial charge in [0.1, 0.15) is 12.5 Å². The van der Waals surface area contributed by atoms with E-state index in [0.29, 0.717) is 32.3 Å². The average Bonchev–Trinajstić information content (AvgIpc) is 3.43. The fourth-order valence-electron chi connectivity index (χ4n) is 3.84. The molecule has 0 aromatic carbocycles. The Morgan fingerprint density at radius 1 is 1.26 bits per heavy atom. The molecule has 0 N–H and O–H groups in total. The molecule has 1 saturated heterocycles. The maximum Gasteiger partial charge on any atom is 0.177 e. The highest BCUT2D eigenvalue weighted by Crippen LogP contribution is 2.26. The molecule has 1 aliphatic rings. The molecule has 188 valence electrons. The standard InChI is InChI=1S/C25H37N7O2Si/c1-20-18-33-13-12-31(20)24-16-21(8-7-10-29(2)3)22-17-26-32(25(22)27-24)23-9-11-30(28-23)19-34-14-15-35(4,5)6/h9,11,16-17,20H,10,12-15,18-19H2,1-6H3. The van der Waals surface area contributed by atoms with E-state index in [2.05, 4.69) is 59.4 Å². The molecule has 0 saturated carbocycles. The van der Waals surface area contributed by atoms with Crippen molar-refractivity contribution in [2.75, 3.05) is 51.9 Å². The third-order valence-electron chi connectivity index (χ3n) is 5.87. The quantitative estimate of drug-likeness (QED) is 0.270. The number of ether oxygens (including phenoxy) is 2. The van der Waals surface area contributed by atoms with Gasteiger partial charge in [-0.05, 0) is 33.1 Å². The molecule has 3 aromatic heterocycles. The second-order valence-corrected chi connectivity index (χ2v) is 16.2. The summed E-state index contributed by atoms with van der Waals surface area (Å²) in [5.74, 6) is 8.20. The number of pyridine rings is 1. The maximum absolute atomic E-state index is 5.86. The molecule has 0 amide bonds. The van der Waals surface area contributed by atoms with Crippen LogP contribution in [0.25, 0.3) is 16.9 Å². The predicted molar refractivity (Wildman–Crippen MR) is 142 cm³/mol. The summed E-state index contributed by atoms with van der Waals surface area (Å²) in [4.78, 5) is 9.35. The van der Waals surface area contributed by atoms with Crippen molar-refractivity contribution in [2.45, 2.75) is 45.4 Å². The molecule has 10 heteroatoms. The first kappa shape index (κ1) is 25.4. The van der Waals surface area contributed by atoms with Gasteiger partial charge in [0.2, 0.25) is 0 Å². The summed E-state index contributed by atoms with van der Waals surface area (Å²) in [6.07, 6.45) is 3.75. The van der Waals surface area contributed by atoms with Crippen LogP contribution in [0.15, 0.2) is 24.5 Å². The normalized spacial score (nSPS) is 16.7. The monoisotopic (exact) mass is 495 g/mol. The van der Waals surface area contributed by atoms with Crippen molar-refractivity contribution in [2.24, 2.45) is 0 Å². The Kier molecular flexibility index (Phi) is 7.91. The zero-order valence-corrected chi connectivity index (χ0v) is 22.8. The molecule has 4 rings (SSSR count). The molecule has 4 heterocycles. The first-order valence-electron chi connectivity index (χ1n) is 12.2. The van der Waals surface area contributed by atoms with Gasteiger partial charge in [-0.25, -0.2) is 9.67 Å². The first-order valence-corrected chi connectivity index (χ1v) is 15.9. The van der Waals surface area contributed by atoms with Gasteiger partial charge in [-0.15, -0.1) is 0 Å². The highest BCUT2D eigenvalue weighted by molar-refractivity contribution is 6.76. The number of rotatable bonds is 8. The van der Waals surface area contributed by atoms with Crippen LogP contribution in [0.2, 0.25) is 25.7 Å². The van der Waals surface area contributed by atoms with Crippen LogP contribution in [-0.2, 0) is 16.2 Å². The molecule has 0 spiro atoms. The summed E-state index contributed by atoms with van der Waals surface area (Å²) in [6, 6.07) is 5.39. The molecule has 0 aliphatic carbocycles. The van der Waals surface area contributed by atoms with Crippen LogP contribution in [0, 0.1) is 11.8 Å². The van der Waals surface area contributed by atoms with Gasteiger partial charge in [-0.2, -0.15) is 14.9 Å². The Bertz CT molecular complexity index is 1200. The molecule has 1 aliphatic heterocycles. The highest BCUT2D eigenvalue weighted by Gasteiger charge is 2.23. The molecule has 1 fully saturated rings. The number of hydrogen-bond donors (Lipinski definition) is 0. The van der Waals surface area contributed by atoms with E-state index in [1.165, 1.54) is 0 Å². The number of aromatic nitrogens is 5. The van der Waals surface area contributed by atoms with Gasteiger partial charge in [0, 0.05) is 39.1 Å². The number of fused-ring (bicyclic) bond motifs is 1. The summed E-state index contributed by atoms with van der Waals surface area (Å²) >= 11 is 0.